The molecule has 0 aromatic heterocycles. The van der Waals surface area contributed by atoms with Crippen LogP contribution in [0.2, 0.25) is 0 Å². The van der Waals surface area contributed by atoms with Crippen molar-refractivity contribution in [2.45, 2.75) is 6.92 Å². The van der Waals surface area contributed by atoms with Crippen molar-refractivity contribution in [1.82, 2.24) is 0 Å². The molecule has 82 valence electrons. The maximum absolute atomic E-state index is 13.3. The topological polar surface area (TPSA) is 20.2 Å². The van der Waals surface area contributed by atoms with E-state index >= 15 is 0 Å². The molecule has 2 rings (SSSR count). The Balaban J connectivity index is 2.63. The largest absolute Gasteiger partial charge is 0.508 e. The van der Waals surface area contributed by atoms with Crippen molar-refractivity contribution in [2.24, 2.45) is 0 Å². The lowest BCUT2D eigenvalue weighted by Gasteiger charge is -2.07. The standard InChI is InChI=1S/C13H10F2O/c1-8-12(3-2-4-13(8)15)9-5-10(14)7-11(16)6-9/h2-7,16H,1H3. The van der Waals surface area contributed by atoms with Gasteiger partial charge in [0.05, 0.1) is 0 Å². The van der Waals surface area contributed by atoms with Crippen LogP contribution in [0.3, 0.4) is 0 Å². The highest BCUT2D eigenvalue weighted by Crippen LogP contribution is 2.28. The van der Waals surface area contributed by atoms with Crippen LogP contribution in [0.15, 0.2) is 36.4 Å². The average Bonchev–Trinajstić information content (AvgIpc) is 2.20. The minimum absolute atomic E-state index is 0.168. The van der Waals surface area contributed by atoms with Crippen LogP contribution in [0.1, 0.15) is 5.56 Å². The molecular weight excluding hydrogens is 210 g/mol. The zero-order valence-electron chi connectivity index (χ0n) is 8.67. The first kappa shape index (κ1) is 10.6. The van der Waals surface area contributed by atoms with Crippen molar-refractivity contribution >= 4 is 0 Å². The van der Waals surface area contributed by atoms with E-state index in [0.717, 1.165) is 6.07 Å². The number of rotatable bonds is 1. The summed E-state index contributed by atoms with van der Waals surface area (Å²) < 4.78 is 26.4. The van der Waals surface area contributed by atoms with E-state index in [2.05, 4.69) is 0 Å². The molecule has 0 atom stereocenters. The third kappa shape index (κ3) is 1.89. The fourth-order valence-electron chi connectivity index (χ4n) is 1.65. The Morgan fingerprint density at radius 1 is 1.06 bits per heavy atom. The number of halogens is 2. The summed E-state index contributed by atoms with van der Waals surface area (Å²) in [6, 6.07) is 8.27. The number of hydrogen-bond acceptors (Lipinski definition) is 1. The summed E-state index contributed by atoms with van der Waals surface area (Å²) in [6.07, 6.45) is 0. The molecule has 1 nitrogen and oxygen atoms in total. The molecule has 0 aliphatic carbocycles. The molecule has 3 heteroatoms. The van der Waals surface area contributed by atoms with Gasteiger partial charge in [-0.3, -0.25) is 0 Å². The van der Waals surface area contributed by atoms with Gasteiger partial charge in [-0.05, 0) is 41.8 Å². The van der Waals surface area contributed by atoms with Gasteiger partial charge in [0.1, 0.15) is 17.4 Å². The zero-order valence-corrected chi connectivity index (χ0v) is 8.67. The molecule has 0 unspecified atom stereocenters. The highest BCUT2D eigenvalue weighted by Gasteiger charge is 2.07. The first-order valence-electron chi connectivity index (χ1n) is 4.83. The second kappa shape index (κ2) is 3.93. The maximum Gasteiger partial charge on any atom is 0.127 e. The van der Waals surface area contributed by atoms with Gasteiger partial charge in [0.2, 0.25) is 0 Å². The second-order valence-corrected chi connectivity index (χ2v) is 3.61. The van der Waals surface area contributed by atoms with E-state index in [-0.39, 0.29) is 11.6 Å². The normalized spacial score (nSPS) is 10.4. The fourth-order valence-corrected chi connectivity index (χ4v) is 1.65. The Kier molecular flexibility index (Phi) is 2.60. The predicted molar refractivity (Wildman–Crippen MR) is 58.2 cm³/mol. The minimum atomic E-state index is -0.543. The van der Waals surface area contributed by atoms with Crippen LogP contribution in [0.25, 0.3) is 11.1 Å². The Morgan fingerprint density at radius 2 is 1.81 bits per heavy atom. The molecule has 0 aliphatic heterocycles. The van der Waals surface area contributed by atoms with E-state index in [9.17, 15) is 13.9 Å². The summed E-state index contributed by atoms with van der Waals surface area (Å²) in [7, 11) is 0. The fraction of sp³-hybridized carbons (Fsp3) is 0.0769. The van der Waals surface area contributed by atoms with E-state index in [1.807, 2.05) is 0 Å². The van der Waals surface area contributed by atoms with E-state index in [4.69, 9.17) is 0 Å². The Labute approximate surface area is 92.0 Å². The first-order valence-corrected chi connectivity index (χ1v) is 4.83. The molecule has 0 bridgehead atoms. The first-order chi connectivity index (χ1) is 7.58. The van der Waals surface area contributed by atoms with Gasteiger partial charge in [0, 0.05) is 6.07 Å². The molecular formula is C13H10F2O. The molecule has 0 fully saturated rings. The number of phenolic OH excluding ortho intramolecular Hbond substituents is 1. The predicted octanol–water partition coefficient (Wildman–Crippen LogP) is 3.65. The summed E-state index contributed by atoms with van der Waals surface area (Å²) in [6.45, 7) is 1.62. The minimum Gasteiger partial charge on any atom is -0.508 e. The van der Waals surface area contributed by atoms with Gasteiger partial charge < -0.3 is 5.11 Å². The molecule has 0 spiro atoms. The van der Waals surface area contributed by atoms with E-state index in [0.29, 0.717) is 16.7 Å². The lowest BCUT2D eigenvalue weighted by atomic mass is 10.00. The Morgan fingerprint density at radius 3 is 2.50 bits per heavy atom. The molecule has 16 heavy (non-hydrogen) atoms. The summed E-state index contributed by atoms with van der Waals surface area (Å²) in [5.41, 5.74) is 1.48. The number of hydrogen-bond donors (Lipinski definition) is 1. The quantitative estimate of drug-likeness (QED) is 0.777. The van der Waals surface area contributed by atoms with Crippen LogP contribution < -0.4 is 0 Å². The van der Waals surface area contributed by atoms with Crippen molar-refractivity contribution in [3.05, 3.63) is 53.6 Å². The van der Waals surface area contributed by atoms with Gasteiger partial charge in [0.25, 0.3) is 0 Å². The third-order valence-corrected chi connectivity index (χ3v) is 2.46. The van der Waals surface area contributed by atoms with Gasteiger partial charge in [0.15, 0.2) is 0 Å². The summed E-state index contributed by atoms with van der Waals surface area (Å²) in [5.74, 6) is -1.06. The van der Waals surface area contributed by atoms with Crippen LogP contribution in [0.4, 0.5) is 8.78 Å². The van der Waals surface area contributed by atoms with Crippen molar-refractivity contribution in [3.8, 4) is 16.9 Å². The average molecular weight is 220 g/mol. The Hall–Kier alpha value is -1.90. The smallest absolute Gasteiger partial charge is 0.127 e. The lowest BCUT2D eigenvalue weighted by molar-refractivity contribution is 0.469. The van der Waals surface area contributed by atoms with Crippen LogP contribution in [-0.2, 0) is 0 Å². The van der Waals surface area contributed by atoms with Crippen LogP contribution in [0, 0.1) is 18.6 Å². The number of aromatic hydroxyl groups is 1. The Bertz CT molecular complexity index is 515. The van der Waals surface area contributed by atoms with Crippen molar-refractivity contribution < 1.29 is 13.9 Å². The van der Waals surface area contributed by atoms with Crippen LogP contribution in [-0.4, -0.2) is 5.11 Å². The van der Waals surface area contributed by atoms with E-state index in [1.165, 1.54) is 18.2 Å². The highest BCUT2D eigenvalue weighted by molar-refractivity contribution is 5.68. The summed E-state index contributed by atoms with van der Waals surface area (Å²) >= 11 is 0. The molecule has 2 aromatic carbocycles. The number of phenols is 1. The van der Waals surface area contributed by atoms with E-state index < -0.39 is 5.82 Å². The maximum atomic E-state index is 13.3. The van der Waals surface area contributed by atoms with Gasteiger partial charge >= 0.3 is 0 Å². The van der Waals surface area contributed by atoms with Crippen LogP contribution >= 0.6 is 0 Å². The van der Waals surface area contributed by atoms with Gasteiger partial charge in [-0.2, -0.15) is 0 Å². The molecule has 1 N–H and O–H groups in total. The molecule has 0 aliphatic rings. The highest BCUT2D eigenvalue weighted by atomic mass is 19.1. The van der Waals surface area contributed by atoms with Crippen LogP contribution in [0.5, 0.6) is 5.75 Å². The number of benzene rings is 2. The zero-order chi connectivity index (χ0) is 11.7. The molecule has 2 aromatic rings. The molecule has 0 radical (unpaired) electrons. The lowest BCUT2D eigenvalue weighted by Crippen LogP contribution is -1.88. The monoisotopic (exact) mass is 220 g/mol. The summed E-state index contributed by atoms with van der Waals surface area (Å²) in [4.78, 5) is 0. The third-order valence-electron chi connectivity index (χ3n) is 2.46. The van der Waals surface area contributed by atoms with Gasteiger partial charge in [-0.1, -0.05) is 12.1 Å². The summed E-state index contributed by atoms with van der Waals surface area (Å²) in [5, 5.41) is 9.28. The molecule has 0 amide bonds. The SMILES string of the molecule is Cc1c(F)cccc1-c1cc(O)cc(F)c1. The molecule has 0 saturated heterocycles. The van der Waals surface area contributed by atoms with Crippen molar-refractivity contribution in [2.75, 3.05) is 0 Å². The van der Waals surface area contributed by atoms with Crippen molar-refractivity contribution in [3.63, 3.8) is 0 Å². The molecule has 0 saturated carbocycles. The van der Waals surface area contributed by atoms with Gasteiger partial charge in [-0.25, -0.2) is 8.78 Å². The van der Waals surface area contributed by atoms with Crippen molar-refractivity contribution in [1.29, 1.82) is 0 Å². The van der Waals surface area contributed by atoms with Gasteiger partial charge in [-0.15, -0.1) is 0 Å². The van der Waals surface area contributed by atoms with E-state index in [1.54, 1.807) is 19.1 Å². The molecule has 0 heterocycles. The second-order valence-electron chi connectivity index (χ2n) is 3.61.